The third kappa shape index (κ3) is 3.25. The van der Waals surface area contributed by atoms with E-state index in [0.29, 0.717) is 12.0 Å². The first-order chi connectivity index (χ1) is 8.45. The molecule has 0 radical (unpaired) electrons. The Morgan fingerprint density at radius 1 is 1.17 bits per heavy atom. The Kier molecular flexibility index (Phi) is 4.35. The van der Waals surface area contributed by atoms with Crippen LogP contribution >= 0.6 is 0 Å². The Labute approximate surface area is 111 Å². The van der Waals surface area contributed by atoms with Crippen LogP contribution < -0.4 is 0 Å². The van der Waals surface area contributed by atoms with Crippen molar-refractivity contribution in [3.63, 3.8) is 0 Å². The molecule has 1 aliphatic heterocycles. The van der Waals surface area contributed by atoms with E-state index in [9.17, 15) is 0 Å². The third-order valence-electron chi connectivity index (χ3n) is 4.73. The average Bonchev–Trinajstić information content (AvgIpc) is 2.69. The molecule has 1 unspecified atom stereocenters. The van der Waals surface area contributed by atoms with E-state index >= 15 is 0 Å². The second-order valence-corrected chi connectivity index (χ2v) is 7.00. The molecule has 3 nitrogen and oxygen atoms in total. The number of hydrogen-bond acceptors (Lipinski definition) is 3. The molecule has 0 aromatic heterocycles. The zero-order valence-electron chi connectivity index (χ0n) is 12.1. The Morgan fingerprint density at radius 3 is 2.33 bits per heavy atom. The molecular weight excluding hydrogens is 228 g/mol. The van der Waals surface area contributed by atoms with Gasteiger partial charge in [-0.25, -0.2) is 0 Å². The monoisotopic (exact) mass is 256 g/mol. The van der Waals surface area contributed by atoms with Gasteiger partial charge in [0.15, 0.2) is 6.29 Å². The maximum absolute atomic E-state index is 8.77. The van der Waals surface area contributed by atoms with Gasteiger partial charge in [0.05, 0.1) is 18.8 Å². The minimum Gasteiger partial charge on any atom is -0.394 e. The van der Waals surface area contributed by atoms with E-state index in [1.807, 2.05) is 0 Å². The summed E-state index contributed by atoms with van der Waals surface area (Å²) < 4.78 is 11.6. The highest BCUT2D eigenvalue weighted by Crippen LogP contribution is 2.47. The fraction of sp³-hybridized carbons (Fsp3) is 1.00. The van der Waals surface area contributed by atoms with Crippen LogP contribution in [0.5, 0.6) is 0 Å². The molecule has 106 valence electrons. The van der Waals surface area contributed by atoms with Gasteiger partial charge in [-0.1, -0.05) is 20.8 Å². The van der Waals surface area contributed by atoms with E-state index in [2.05, 4.69) is 20.8 Å². The summed E-state index contributed by atoms with van der Waals surface area (Å²) in [5.74, 6) is 0.823. The molecule has 2 rings (SSSR count). The molecule has 1 saturated heterocycles. The van der Waals surface area contributed by atoms with E-state index in [1.165, 1.54) is 25.7 Å². The Balaban J connectivity index is 1.82. The summed E-state index contributed by atoms with van der Waals surface area (Å²) in [4.78, 5) is 0. The van der Waals surface area contributed by atoms with Crippen LogP contribution in [0.1, 0.15) is 59.3 Å². The second-order valence-electron chi connectivity index (χ2n) is 7.00. The molecule has 1 atom stereocenters. The molecule has 0 amide bonds. The van der Waals surface area contributed by atoms with Crippen molar-refractivity contribution in [1.82, 2.24) is 0 Å². The molecule has 1 N–H and O–H groups in total. The molecule has 1 aliphatic carbocycles. The second kappa shape index (κ2) is 5.48. The molecule has 3 heteroatoms. The number of ether oxygens (including phenoxy) is 2. The van der Waals surface area contributed by atoms with Crippen LogP contribution in [-0.2, 0) is 9.47 Å². The maximum atomic E-state index is 8.77. The molecule has 2 aliphatic rings. The predicted molar refractivity (Wildman–Crippen MR) is 71.3 cm³/mol. The average molecular weight is 256 g/mol. The predicted octanol–water partition coefficient (Wildman–Crippen LogP) is 3.11. The van der Waals surface area contributed by atoms with Crippen molar-refractivity contribution < 1.29 is 14.6 Å². The highest BCUT2D eigenvalue weighted by Gasteiger charge is 2.44. The van der Waals surface area contributed by atoms with E-state index in [4.69, 9.17) is 14.6 Å². The fourth-order valence-electron chi connectivity index (χ4n) is 3.46. The number of aliphatic hydroxyl groups is 1. The minimum atomic E-state index is -0.0802. The Bertz CT molecular complexity index is 261. The lowest BCUT2D eigenvalue weighted by Crippen LogP contribution is -2.38. The Hall–Kier alpha value is -0.120. The van der Waals surface area contributed by atoms with Crippen molar-refractivity contribution in [2.75, 3.05) is 13.2 Å². The zero-order chi connectivity index (χ0) is 13.2. The molecule has 1 heterocycles. The van der Waals surface area contributed by atoms with Gasteiger partial charge in [-0.15, -0.1) is 0 Å². The van der Waals surface area contributed by atoms with E-state index in [0.717, 1.165) is 18.8 Å². The maximum Gasteiger partial charge on any atom is 0.158 e. The van der Waals surface area contributed by atoms with Crippen LogP contribution in [0.25, 0.3) is 0 Å². The molecular formula is C15H28O3. The molecule has 1 spiro atoms. The highest BCUT2D eigenvalue weighted by molar-refractivity contribution is 4.93. The standard InChI is InChI=1S/C15H28O3/c1-14(2,3)12-4-7-15(8-5-12)9-6-13(18-15)17-11-10-16/h12-13,16H,4-11H2,1-3H3. The van der Waals surface area contributed by atoms with Crippen LogP contribution in [0, 0.1) is 11.3 Å². The smallest absolute Gasteiger partial charge is 0.158 e. The minimum absolute atomic E-state index is 0.0802. The van der Waals surface area contributed by atoms with Crippen molar-refractivity contribution in [3.05, 3.63) is 0 Å². The van der Waals surface area contributed by atoms with Crippen LogP contribution in [0.2, 0.25) is 0 Å². The van der Waals surface area contributed by atoms with Crippen molar-refractivity contribution in [1.29, 1.82) is 0 Å². The highest BCUT2D eigenvalue weighted by atomic mass is 16.7. The summed E-state index contributed by atoms with van der Waals surface area (Å²) in [7, 11) is 0. The SMILES string of the molecule is CC(C)(C)C1CCC2(CCC(OCCO)O2)CC1. The molecule has 1 saturated carbocycles. The van der Waals surface area contributed by atoms with Crippen molar-refractivity contribution >= 4 is 0 Å². The first-order valence-electron chi connectivity index (χ1n) is 7.35. The lowest BCUT2D eigenvalue weighted by atomic mass is 9.68. The van der Waals surface area contributed by atoms with Gasteiger partial charge in [0.1, 0.15) is 0 Å². The summed E-state index contributed by atoms with van der Waals surface area (Å²) in [6.07, 6.45) is 6.93. The van der Waals surface area contributed by atoms with Crippen molar-refractivity contribution in [2.24, 2.45) is 11.3 Å². The lowest BCUT2D eigenvalue weighted by molar-refractivity contribution is -0.184. The summed E-state index contributed by atoms with van der Waals surface area (Å²) in [5.41, 5.74) is 0.509. The molecule has 0 aromatic carbocycles. The van der Waals surface area contributed by atoms with Gasteiger partial charge in [-0.2, -0.15) is 0 Å². The molecule has 0 bridgehead atoms. The Morgan fingerprint density at radius 2 is 1.78 bits per heavy atom. The van der Waals surface area contributed by atoms with Gasteiger partial charge >= 0.3 is 0 Å². The molecule has 2 fully saturated rings. The summed E-state index contributed by atoms with van der Waals surface area (Å²) in [6, 6.07) is 0. The summed E-state index contributed by atoms with van der Waals surface area (Å²) in [6.45, 7) is 7.51. The van der Waals surface area contributed by atoms with Gasteiger partial charge in [-0.3, -0.25) is 0 Å². The van der Waals surface area contributed by atoms with Crippen LogP contribution in [0.3, 0.4) is 0 Å². The van der Waals surface area contributed by atoms with E-state index in [1.54, 1.807) is 0 Å². The molecule has 18 heavy (non-hydrogen) atoms. The summed E-state index contributed by atoms with van der Waals surface area (Å²) >= 11 is 0. The van der Waals surface area contributed by atoms with Crippen LogP contribution in [0.4, 0.5) is 0 Å². The van der Waals surface area contributed by atoms with E-state index < -0.39 is 0 Å². The number of hydrogen-bond donors (Lipinski definition) is 1. The summed E-state index contributed by atoms with van der Waals surface area (Å²) in [5, 5.41) is 8.77. The topological polar surface area (TPSA) is 38.7 Å². The first kappa shape index (κ1) is 14.3. The van der Waals surface area contributed by atoms with Gasteiger partial charge in [0.25, 0.3) is 0 Å². The van der Waals surface area contributed by atoms with Gasteiger partial charge in [-0.05, 0) is 43.4 Å². The molecule has 0 aromatic rings. The van der Waals surface area contributed by atoms with Crippen LogP contribution in [-0.4, -0.2) is 30.2 Å². The van der Waals surface area contributed by atoms with Gasteiger partial charge < -0.3 is 14.6 Å². The van der Waals surface area contributed by atoms with Gasteiger partial charge in [0.2, 0.25) is 0 Å². The van der Waals surface area contributed by atoms with Crippen molar-refractivity contribution in [2.45, 2.75) is 71.2 Å². The third-order valence-corrected chi connectivity index (χ3v) is 4.73. The normalized spacial score (nSPS) is 37.3. The number of aliphatic hydroxyl groups excluding tert-OH is 1. The first-order valence-corrected chi connectivity index (χ1v) is 7.35. The van der Waals surface area contributed by atoms with Crippen LogP contribution in [0.15, 0.2) is 0 Å². The quantitative estimate of drug-likeness (QED) is 0.843. The van der Waals surface area contributed by atoms with Gasteiger partial charge in [0, 0.05) is 6.42 Å². The number of rotatable bonds is 3. The zero-order valence-corrected chi connectivity index (χ0v) is 12.1. The largest absolute Gasteiger partial charge is 0.394 e. The van der Waals surface area contributed by atoms with E-state index in [-0.39, 0.29) is 18.5 Å². The fourth-order valence-corrected chi connectivity index (χ4v) is 3.46. The van der Waals surface area contributed by atoms with Crippen molar-refractivity contribution in [3.8, 4) is 0 Å². The lowest BCUT2D eigenvalue weighted by Gasteiger charge is -2.41.